The monoisotopic (exact) mass is 218 g/mol. The smallest absolute Gasteiger partial charge is 0.227 e. The Hall–Kier alpha value is -1.77. The van der Waals surface area contributed by atoms with Crippen molar-refractivity contribution in [1.29, 1.82) is 0 Å². The van der Waals surface area contributed by atoms with Crippen molar-refractivity contribution >= 4 is 5.91 Å². The Morgan fingerprint density at radius 1 is 1.50 bits per heavy atom. The molecule has 0 saturated carbocycles. The minimum absolute atomic E-state index is 0.326. The molecular formula is C13H18N2O. The second-order valence-electron chi connectivity index (χ2n) is 4.35. The van der Waals surface area contributed by atoms with E-state index in [9.17, 15) is 4.79 Å². The van der Waals surface area contributed by atoms with Gasteiger partial charge in [0, 0.05) is 18.9 Å². The number of allylic oxidation sites excluding steroid dienone is 4. The van der Waals surface area contributed by atoms with Gasteiger partial charge >= 0.3 is 0 Å². The highest BCUT2D eigenvalue weighted by atomic mass is 16.1. The van der Waals surface area contributed by atoms with E-state index < -0.39 is 5.41 Å². The lowest BCUT2D eigenvalue weighted by Gasteiger charge is -2.28. The number of primary amides is 1. The first-order chi connectivity index (χ1) is 7.39. The maximum absolute atomic E-state index is 11.3. The first kappa shape index (κ1) is 12.3. The number of hydrogen-bond acceptors (Lipinski definition) is 2. The SMILES string of the molecule is C=C/C=C1/C=CC(C(C)(C)C(N)=O)=CN1C. The zero-order valence-electron chi connectivity index (χ0n) is 10.0. The minimum atomic E-state index is -0.648. The summed E-state index contributed by atoms with van der Waals surface area (Å²) in [5, 5.41) is 0. The Balaban J connectivity index is 3.03. The summed E-state index contributed by atoms with van der Waals surface area (Å²) in [6.45, 7) is 7.30. The molecule has 0 aromatic rings. The predicted molar refractivity (Wildman–Crippen MR) is 66.2 cm³/mol. The lowest BCUT2D eigenvalue weighted by atomic mass is 9.82. The quantitative estimate of drug-likeness (QED) is 0.787. The van der Waals surface area contributed by atoms with E-state index in [1.165, 1.54) is 0 Å². The molecule has 0 aromatic heterocycles. The van der Waals surface area contributed by atoms with E-state index >= 15 is 0 Å². The molecule has 1 heterocycles. The van der Waals surface area contributed by atoms with Crippen molar-refractivity contribution in [3.63, 3.8) is 0 Å². The molecule has 1 rings (SSSR count). The van der Waals surface area contributed by atoms with E-state index in [2.05, 4.69) is 6.58 Å². The lowest BCUT2D eigenvalue weighted by Crippen LogP contribution is -2.34. The molecule has 2 N–H and O–H groups in total. The molecule has 16 heavy (non-hydrogen) atoms. The van der Waals surface area contributed by atoms with Crippen LogP contribution >= 0.6 is 0 Å². The van der Waals surface area contributed by atoms with Crippen molar-refractivity contribution in [3.05, 3.63) is 48.4 Å². The molecule has 0 atom stereocenters. The molecule has 0 aromatic carbocycles. The van der Waals surface area contributed by atoms with Crippen LogP contribution in [-0.2, 0) is 4.79 Å². The van der Waals surface area contributed by atoms with Gasteiger partial charge in [0.2, 0.25) is 5.91 Å². The Morgan fingerprint density at radius 3 is 2.56 bits per heavy atom. The highest BCUT2D eigenvalue weighted by molar-refractivity contribution is 5.84. The van der Waals surface area contributed by atoms with Crippen molar-refractivity contribution in [2.24, 2.45) is 11.1 Å². The van der Waals surface area contributed by atoms with Crippen LogP contribution in [-0.4, -0.2) is 17.9 Å². The molecule has 0 spiro atoms. The first-order valence-corrected chi connectivity index (χ1v) is 5.15. The molecule has 0 bridgehead atoms. The number of amides is 1. The molecule has 0 aliphatic carbocycles. The van der Waals surface area contributed by atoms with Crippen LogP contribution in [0.15, 0.2) is 48.4 Å². The molecule has 86 valence electrons. The van der Waals surface area contributed by atoms with Gasteiger partial charge in [-0.2, -0.15) is 0 Å². The largest absolute Gasteiger partial charge is 0.369 e. The third-order valence-corrected chi connectivity index (χ3v) is 2.80. The number of carbonyl (C=O) groups is 1. The summed E-state index contributed by atoms with van der Waals surface area (Å²) in [6, 6.07) is 0. The summed E-state index contributed by atoms with van der Waals surface area (Å²) in [5.41, 5.74) is 6.66. The molecule has 0 unspecified atom stereocenters. The van der Waals surface area contributed by atoms with Gasteiger partial charge in [-0.15, -0.1) is 0 Å². The van der Waals surface area contributed by atoms with Gasteiger partial charge in [0.25, 0.3) is 0 Å². The van der Waals surface area contributed by atoms with Crippen molar-refractivity contribution in [2.45, 2.75) is 13.8 Å². The van der Waals surface area contributed by atoms with Crippen LogP contribution in [0.4, 0.5) is 0 Å². The van der Waals surface area contributed by atoms with E-state index in [4.69, 9.17) is 5.73 Å². The zero-order chi connectivity index (χ0) is 12.3. The normalized spacial score (nSPS) is 18.6. The van der Waals surface area contributed by atoms with E-state index in [0.29, 0.717) is 0 Å². The molecule has 0 saturated heterocycles. The van der Waals surface area contributed by atoms with Crippen LogP contribution in [0.5, 0.6) is 0 Å². The van der Waals surface area contributed by atoms with Crippen molar-refractivity contribution in [2.75, 3.05) is 7.05 Å². The Morgan fingerprint density at radius 2 is 2.12 bits per heavy atom. The molecule has 3 heteroatoms. The van der Waals surface area contributed by atoms with Crippen molar-refractivity contribution in [3.8, 4) is 0 Å². The zero-order valence-corrected chi connectivity index (χ0v) is 10.0. The molecule has 3 nitrogen and oxygen atoms in total. The summed E-state index contributed by atoms with van der Waals surface area (Å²) in [5.74, 6) is -0.326. The van der Waals surface area contributed by atoms with Crippen LogP contribution in [0.25, 0.3) is 0 Å². The molecule has 1 amide bonds. The number of carbonyl (C=O) groups excluding carboxylic acids is 1. The predicted octanol–water partition coefficient (Wildman–Crippen LogP) is 1.95. The average molecular weight is 218 g/mol. The van der Waals surface area contributed by atoms with Gasteiger partial charge in [-0.05, 0) is 31.6 Å². The molecule has 0 radical (unpaired) electrons. The van der Waals surface area contributed by atoms with Gasteiger partial charge in [0.1, 0.15) is 0 Å². The average Bonchev–Trinajstić information content (AvgIpc) is 2.21. The highest BCUT2D eigenvalue weighted by Crippen LogP contribution is 2.30. The van der Waals surface area contributed by atoms with Crippen molar-refractivity contribution < 1.29 is 4.79 Å². The topological polar surface area (TPSA) is 46.3 Å². The van der Waals surface area contributed by atoms with E-state index in [1.54, 1.807) is 6.08 Å². The maximum atomic E-state index is 11.3. The minimum Gasteiger partial charge on any atom is -0.369 e. The second-order valence-corrected chi connectivity index (χ2v) is 4.35. The van der Waals surface area contributed by atoms with Gasteiger partial charge in [-0.1, -0.05) is 18.7 Å². The van der Waals surface area contributed by atoms with Crippen LogP contribution < -0.4 is 5.73 Å². The third-order valence-electron chi connectivity index (χ3n) is 2.80. The van der Waals surface area contributed by atoms with Gasteiger partial charge in [0.15, 0.2) is 0 Å². The number of nitrogens with two attached hydrogens (primary N) is 1. The number of rotatable bonds is 3. The Labute approximate surface area is 96.6 Å². The van der Waals surface area contributed by atoms with Crippen LogP contribution in [0.1, 0.15) is 13.8 Å². The van der Waals surface area contributed by atoms with Crippen LogP contribution in [0.2, 0.25) is 0 Å². The summed E-state index contributed by atoms with van der Waals surface area (Å²) in [6.07, 6.45) is 9.41. The fourth-order valence-corrected chi connectivity index (χ4v) is 1.42. The molecule has 1 aliphatic rings. The van der Waals surface area contributed by atoms with Crippen LogP contribution in [0.3, 0.4) is 0 Å². The third kappa shape index (κ3) is 2.24. The van der Waals surface area contributed by atoms with Gasteiger partial charge in [-0.25, -0.2) is 0 Å². The summed E-state index contributed by atoms with van der Waals surface area (Å²) < 4.78 is 0. The molecular weight excluding hydrogens is 200 g/mol. The Bertz CT molecular complexity index is 400. The van der Waals surface area contributed by atoms with Crippen molar-refractivity contribution in [1.82, 2.24) is 4.90 Å². The fraction of sp³-hybridized carbons (Fsp3) is 0.308. The summed E-state index contributed by atoms with van der Waals surface area (Å²) >= 11 is 0. The number of nitrogens with zero attached hydrogens (tertiary/aromatic N) is 1. The fourth-order valence-electron chi connectivity index (χ4n) is 1.42. The van der Waals surface area contributed by atoms with Crippen LogP contribution in [0, 0.1) is 5.41 Å². The summed E-state index contributed by atoms with van der Waals surface area (Å²) in [7, 11) is 1.93. The van der Waals surface area contributed by atoms with Gasteiger partial charge < -0.3 is 10.6 Å². The van der Waals surface area contributed by atoms with Gasteiger partial charge in [-0.3, -0.25) is 4.79 Å². The van der Waals surface area contributed by atoms with Gasteiger partial charge in [0.05, 0.1) is 5.41 Å². The highest BCUT2D eigenvalue weighted by Gasteiger charge is 2.29. The number of likely N-dealkylation sites (N-methyl/N-ethyl adjacent to an activating group) is 1. The standard InChI is InChI=1S/C13H18N2O/c1-5-6-11-8-7-10(9-15(11)4)13(2,3)12(14)16/h5-9H,1H2,2-4H3,(H2,14,16)/b11-6-. The molecule has 1 aliphatic heterocycles. The lowest BCUT2D eigenvalue weighted by molar-refractivity contribution is -0.124. The first-order valence-electron chi connectivity index (χ1n) is 5.15. The Kier molecular flexibility index (Phi) is 3.38. The maximum Gasteiger partial charge on any atom is 0.227 e. The van der Waals surface area contributed by atoms with E-state index in [0.717, 1.165) is 11.3 Å². The van der Waals surface area contributed by atoms with E-state index in [1.807, 2.05) is 50.2 Å². The second kappa shape index (κ2) is 4.39. The molecule has 0 fully saturated rings. The summed E-state index contributed by atoms with van der Waals surface area (Å²) in [4.78, 5) is 13.3. The number of hydrogen-bond donors (Lipinski definition) is 1. The van der Waals surface area contributed by atoms with E-state index in [-0.39, 0.29) is 5.91 Å².